The molecule has 1 aliphatic heterocycles. The molecular weight excluding hydrogens is 234 g/mol. The van der Waals surface area contributed by atoms with Crippen molar-refractivity contribution in [2.75, 3.05) is 39.5 Å². The third-order valence-corrected chi connectivity index (χ3v) is 3.72. The van der Waals surface area contributed by atoms with Crippen LogP contribution in [0.25, 0.3) is 0 Å². The Bertz CT molecular complexity index is 438. The molecule has 2 rings (SSSR count). The molecule has 1 aromatic carbocycles. The van der Waals surface area contributed by atoms with E-state index < -0.39 is 0 Å². The molecule has 2 N–H and O–H groups in total. The van der Waals surface area contributed by atoms with Crippen LogP contribution in [0.4, 0.5) is 5.69 Å². The van der Waals surface area contributed by atoms with Crippen LogP contribution in [-0.2, 0) is 13.0 Å². The summed E-state index contributed by atoms with van der Waals surface area (Å²) < 4.78 is 0. The van der Waals surface area contributed by atoms with Gasteiger partial charge >= 0.3 is 0 Å². The molecule has 3 nitrogen and oxygen atoms in total. The van der Waals surface area contributed by atoms with Crippen LogP contribution >= 0.6 is 0 Å². The van der Waals surface area contributed by atoms with Gasteiger partial charge in [-0.25, -0.2) is 0 Å². The van der Waals surface area contributed by atoms with Gasteiger partial charge in [-0.05, 0) is 49.2 Å². The van der Waals surface area contributed by atoms with Gasteiger partial charge in [0, 0.05) is 31.9 Å². The molecule has 1 heterocycles. The van der Waals surface area contributed by atoms with E-state index in [1.807, 2.05) is 6.07 Å². The van der Waals surface area contributed by atoms with Crippen LogP contribution in [0.2, 0.25) is 0 Å². The quantitative estimate of drug-likeness (QED) is 0.844. The fourth-order valence-corrected chi connectivity index (χ4v) is 3.28. The van der Waals surface area contributed by atoms with E-state index in [4.69, 9.17) is 5.73 Å². The molecule has 19 heavy (non-hydrogen) atoms. The summed E-state index contributed by atoms with van der Waals surface area (Å²) >= 11 is 0. The zero-order valence-electron chi connectivity index (χ0n) is 12.7. The van der Waals surface area contributed by atoms with Gasteiger partial charge in [0.15, 0.2) is 0 Å². The van der Waals surface area contributed by atoms with Gasteiger partial charge in [0.05, 0.1) is 0 Å². The van der Waals surface area contributed by atoms with Crippen LogP contribution in [0.15, 0.2) is 18.2 Å². The topological polar surface area (TPSA) is 32.5 Å². The predicted molar refractivity (Wildman–Crippen MR) is 82.2 cm³/mol. The lowest BCUT2D eigenvalue weighted by Crippen LogP contribution is -2.42. The second-order valence-electron chi connectivity index (χ2n) is 6.89. The molecule has 1 aromatic rings. The summed E-state index contributed by atoms with van der Waals surface area (Å²) in [5.74, 6) is 0. The Hall–Kier alpha value is -1.06. The van der Waals surface area contributed by atoms with Crippen molar-refractivity contribution in [3.8, 4) is 0 Å². The van der Waals surface area contributed by atoms with Gasteiger partial charge in [-0.15, -0.1) is 0 Å². The van der Waals surface area contributed by atoms with E-state index in [1.54, 1.807) is 0 Å². The van der Waals surface area contributed by atoms with Crippen LogP contribution in [0.1, 0.15) is 25.0 Å². The van der Waals surface area contributed by atoms with Gasteiger partial charge in [-0.3, -0.25) is 4.90 Å². The first-order valence-corrected chi connectivity index (χ1v) is 7.10. The van der Waals surface area contributed by atoms with E-state index in [0.717, 1.165) is 38.3 Å². The third-order valence-electron chi connectivity index (χ3n) is 3.72. The molecule has 0 radical (unpaired) electrons. The van der Waals surface area contributed by atoms with Crippen LogP contribution in [0.3, 0.4) is 0 Å². The van der Waals surface area contributed by atoms with E-state index in [9.17, 15) is 0 Å². The Morgan fingerprint density at radius 1 is 1.26 bits per heavy atom. The summed E-state index contributed by atoms with van der Waals surface area (Å²) in [6.45, 7) is 9.18. The van der Waals surface area contributed by atoms with Gasteiger partial charge in [0.2, 0.25) is 0 Å². The van der Waals surface area contributed by atoms with Crippen molar-refractivity contribution in [2.45, 2.75) is 26.8 Å². The van der Waals surface area contributed by atoms with Crippen molar-refractivity contribution in [3.05, 3.63) is 29.3 Å². The average Bonchev–Trinajstić information content (AvgIpc) is 2.27. The van der Waals surface area contributed by atoms with Gasteiger partial charge in [0.1, 0.15) is 0 Å². The maximum absolute atomic E-state index is 5.85. The first kappa shape index (κ1) is 14.4. The minimum atomic E-state index is 0.328. The number of hydrogen-bond acceptors (Lipinski definition) is 3. The monoisotopic (exact) mass is 261 g/mol. The number of hydrogen-bond donors (Lipinski definition) is 1. The number of benzene rings is 1. The summed E-state index contributed by atoms with van der Waals surface area (Å²) in [4.78, 5) is 4.85. The molecule has 3 heteroatoms. The Morgan fingerprint density at radius 3 is 2.68 bits per heavy atom. The Kier molecular flexibility index (Phi) is 4.16. The number of nitrogen functional groups attached to an aromatic ring is 1. The Balaban J connectivity index is 2.00. The minimum absolute atomic E-state index is 0.328. The first-order valence-electron chi connectivity index (χ1n) is 7.10. The molecule has 0 saturated carbocycles. The van der Waals surface area contributed by atoms with E-state index in [-0.39, 0.29) is 0 Å². The fourth-order valence-electron chi connectivity index (χ4n) is 3.28. The van der Waals surface area contributed by atoms with Crippen LogP contribution in [0, 0.1) is 5.41 Å². The molecule has 0 aliphatic carbocycles. The maximum atomic E-state index is 5.85. The molecule has 0 fully saturated rings. The van der Waals surface area contributed by atoms with E-state index >= 15 is 0 Å². The molecule has 0 bridgehead atoms. The largest absolute Gasteiger partial charge is 0.399 e. The highest BCUT2D eigenvalue weighted by Crippen LogP contribution is 2.25. The van der Waals surface area contributed by atoms with E-state index in [1.165, 1.54) is 11.1 Å². The minimum Gasteiger partial charge on any atom is -0.399 e. The van der Waals surface area contributed by atoms with Crippen molar-refractivity contribution < 1.29 is 0 Å². The van der Waals surface area contributed by atoms with Gasteiger partial charge in [-0.1, -0.05) is 19.9 Å². The van der Waals surface area contributed by atoms with Crippen molar-refractivity contribution >= 4 is 5.69 Å². The van der Waals surface area contributed by atoms with Gasteiger partial charge in [-0.2, -0.15) is 0 Å². The summed E-state index contributed by atoms with van der Waals surface area (Å²) in [5.41, 5.74) is 9.95. The summed E-state index contributed by atoms with van der Waals surface area (Å²) in [5, 5.41) is 0. The van der Waals surface area contributed by atoms with Crippen molar-refractivity contribution in [1.82, 2.24) is 9.80 Å². The number of nitrogens with zero attached hydrogens (tertiary/aromatic N) is 2. The standard InChI is InChI=1S/C16H27N3/c1-16(2,11-18(3)4)12-19-8-7-13-9-15(17)6-5-14(13)10-19/h5-6,9H,7-8,10-12,17H2,1-4H3. The second kappa shape index (κ2) is 5.51. The number of fused-ring (bicyclic) bond motifs is 1. The first-order chi connectivity index (χ1) is 8.85. The van der Waals surface area contributed by atoms with Crippen molar-refractivity contribution in [1.29, 1.82) is 0 Å². The number of nitrogens with two attached hydrogens (primary N) is 1. The SMILES string of the molecule is CN(C)CC(C)(C)CN1CCc2cc(N)ccc2C1. The molecule has 1 aliphatic rings. The molecule has 0 saturated heterocycles. The van der Waals surface area contributed by atoms with Gasteiger partial charge < -0.3 is 10.6 Å². The normalized spacial score (nSPS) is 16.7. The fraction of sp³-hybridized carbons (Fsp3) is 0.625. The zero-order valence-corrected chi connectivity index (χ0v) is 12.7. The molecular formula is C16H27N3. The summed E-state index contributed by atoms with van der Waals surface area (Å²) in [6, 6.07) is 6.35. The highest BCUT2D eigenvalue weighted by Gasteiger charge is 2.25. The smallest absolute Gasteiger partial charge is 0.0316 e. The molecule has 0 spiro atoms. The molecule has 0 aromatic heterocycles. The van der Waals surface area contributed by atoms with Crippen molar-refractivity contribution in [2.24, 2.45) is 5.41 Å². The Labute approximate surface area is 117 Å². The highest BCUT2D eigenvalue weighted by atomic mass is 15.1. The molecule has 0 atom stereocenters. The lowest BCUT2D eigenvalue weighted by molar-refractivity contribution is 0.134. The lowest BCUT2D eigenvalue weighted by atomic mass is 9.90. The third kappa shape index (κ3) is 3.95. The average molecular weight is 261 g/mol. The highest BCUT2D eigenvalue weighted by molar-refractivity contribution is 5.45. The molecule has 0 unspecified atom stereocenters. The van der Waals surface area contributed by atoms with E-state index in [0.29, 0.717) is 5.41 Å². The number of rotatable bonds is 4. The summed E-state index contributed by atoms with van der Waals surface area (Å²) in [6.07, 6.45) is 1.12. The Morgan fingerprint density at radius 2 is 2.00 bits per heavy atom. The van der Waals surface area contributed by atoms with E-state index in [2.05, 4.69) is 49.9 Å². The maximum Gasteiger partial charge on any atom is 0.0316 e. The second-order valence-corrected chi connectivity index (χ2v) is 6.89. The number of anilines is 1. The van der Waals surface area contributed by atoms with Gasteiger partial charge in [0.25, 0.3) is 0 Å². The molecule has 106 valence electrons. The predicted octanol–water partition coefficient (Wildman–Crippen LogP) is 2.21. The zero-order chi connectivity index (χ0) is 14.0. The lowest BCUT2D eigenvalue weighted by Gasteiger charge is -2.37. The van der Waals surface area contributed by atoms with Crippen molar-refractivity contribution in [3.63, 3.8) is 0 Å². The van der Waals surface area contributed by atoms with Crippen LogP contribution in [0.5, 0.6) is 0 Å². The van der Waals surface area contributed by atoms with Crippen LogP contribution < -0.4 is 5.73 Å². The molecule has 0 amide bonds. The summed E-state index contributed by atoms with van der Waals surface area (Å²) in [7, 11) is 4.30. The van der Waals surface area contributed by atoms with Crippen LogP contribution in [-0.4, -0.2) is 43.5 Å².